The van der Waals surface area contributed by atoms with Gasteiger partial charge in [0.15, 0.2) is 11.7 Å². The van der Waals surface area contributed by atoms with Crippen molar-refractivity contribution in [3.8, 4) is 5.75 Å². The summed E-state index contributed by atoms with van der Waals surface area (Å²) >= 11 is 0. The molecule has 1 N–H and O–H groups in total. The molecule has 2 aliphatic rings. The number of likely N-dealkylation sites (N-methyl/N-ethyl adjacent to an activating group) is 1. The molecule has 0 aliphatic carbocycles. The maximum absolute atomic E-state index is 11.9. The van der Waals surface area contributed by atoms with E-state index in [9.17, 15) is 14.4 Å². The molecule has 1 saturated heterocycles. The zero-order valence-corrected chi connectivity index (χ0v) is 14.3. The number of esters is 2. The Bertz CT molecular complexity index is 776. The topological polar surface area (TPSA) is 94.2 Å². The lowest BCUT2D eigenvalue weighted by molar-refractivity contribution is -0.222. The molecule has 1 aromatic carbocycles. The van der Waals surface area contributed by atoms with Crippen molar-refractivity contribution in [2.24, 2.45) is 0 Å². The van der Waals surface area contributed by atoms with Crippen molar-refractivity contribution in [2.75, 3.05) is 17.3 Å². The summed E-state index contributed by atoms with van der Waals surface area (Å²) in [5.41, 5.74) is 0.977. The van der Waals surface area contributed by atoms with Gasteiger partial charge >= 0.3 is 11.9 Å². The van der Waals surface area contributed by atoms with Crippen LogP contribution in [0.25, 0.3) is 0 Å². The smallest absolute Gasteiger partial charge is 0.350 e. The Morgan fingerprint density at radius 2 is 1.80 bits per heavy atom. The largest absolute Gasteiger partial charge is 0.479 e. The summed E-state index contributed by atoms with van der Waals surface area (Å²) in [7, 11) is 1.67. The lowest BCUT2D eigenvalue weighted by atomic mass is 10.2. The van der Waals surface area contributed by atoms with Gasteiger partial charge in [-0.3, -0.25) is 4.79 Å². The van der Waals surface area contributed by atoms with E-state index in [0.29, 0.717) is 17.1 Å². The van der Waals surface area contributed by atoms with Crippen molar-refractivity contribution in [3.63, 3.8) is 0 Å². The Balaban J connectivity index is 1.81. The van der Waals surface area contributed by atoms with Crippen molar-refractivity contribution in [1.82, 2.24) is 0 Å². The number of benzene rings is 1. The zero-order chi connectivity index (χ0) is 18.4. The molecule has 0 radical (unpaired) electrons. The SMILES string of the molecule is CC1Oc2cc(NC=C3C(=O)OC(C)(C)OC3=O)ccc2N(C)C1=O. The first-order chi connectivity index (χ1) is 11.7. The predicted molar refractivity (Wildman–Crippen MR) is 87.9 cm³/mol. The minimum absolute atomic E-state index is 0.134. The van der Waals surface area contributed by atoms with Gasteiger partial charge in [-0.2, -0.15) is 0 Å². The monoisotopic (exact) mass is 346 g/mol. The molecule has 3 rings (SSSR count). The third-order valence-electron chi connectivity index (χ3n) is 3.80. The lowest BCUT2D eigenvalue weighted by Gasteiger charge is -2.30. The van der Waals surface area contributed by atoms with E-state index in [4.69, 9.17) is 14.2 Å². The van der Waals surface area contributed by atoms with Gasteiger partial charge in [-0.05, 0) is 19.1 Å². The van der Waals surface area contributed by atoms with E-state index in [1.54, 1.807) is 32.2 Å². The number of rotatable bonds is 2. The molecular weight excluding hydrogens is 328 g/mol. The number of hydrogen-bond donors (Lipinski definition) is 1. The van der Waals surface area contributed by atoms with Gasteiger partial charge in [-0.15, -0.1) is 0 Å². The first-order valence-electron chi connectivity index (χ1n) is 7.69. The van der Waals surface area contributed by atoms with Crippen LogP contribution < -0.4 is 15.0 Å². The zero-order valence-electron chi connectivity index (χ0n) is 14.3. The Kier molecular flexibility index (Phi) is 3.90. The quantitative estimate of drug-likeness (QED) is 0.493. The van der Waals surface area contributed by atoms with E-state index in [0.717, 1.165) is 0 Å². The second kappa shape index (κ2) is 5.80. The number of nitrogens with zero attached hydrogens (tertiary/aromatic N) is 1. The van der Waals surface area contributed by atoms with E-state index >= 15 is 0 Å². The van der Waals surface area contributed by atoms with Gasteiger partial charge in [0.05, 0.1) is 5.69 Å². The molecule has 25 heavy (non-hydrogen) atoms. The minimum atomic E-state index is -1.28. The van der Waals surface area contributed by atoms with Crippen LogP contribution in [-0.2, 0) is 23.9 Å². The van der Waals surface area contributed by atoms with Crippen LogP contribution >= 0.6 is 0 Å². The molecule has 1 amide bonds. The van der Waals surface area contributed by atoms with Crippen LogP contribution in [-0.4, -0.2) is 36.8 Å². The number of carbonyl (C=O) groups is 3. The van der Waals surface area contributed by atoms with E-state index in [2.05, 4.69) is 5.32 Å². The molecule has 8 heteroatoms. The van der Waals surface area contributed by atoms with Crippen LogP contribution in [0.3, 0.4) is 0 Å². The molecule has 0 spiro atoms. The number of fused-ring (bicyclic) bond motifs is 1. The first kappa shape index (κ1) is 16.8. The van der Waals surface area contributed by atoms with E-state index < -0.39 is 23.8 Å². The molecule has 0 aromatic heterocycles. The van der Waals surface area contributed by atoms with Gasteiger partial charge in [-0.25, -0.2) is 9.59 Å². The second-order valence-corrected chi connectivity index (χ2v) is 6.22. The molecular formula is C17H18N2O6. The second-order valence-electron chi connectivity index (χ2n) is 6.22. The number of amides is 1. The highest BCUT2D eigenvalue weighted by Crippen LogP contribution is 2.35. The third kappa shape index (κ3) is 3.15. The molecule has 8 nitrogen and oxygen atoms in total. The Morgan fingerprint density at radius 1 is 1.16 bits per heavy atom. The molecule has 0 saturated carbocycles. The molecule has 1 atom stereocenters. The highest BCUT2D eigenvalue weighted by atomic mass is 16.7. The number of cyclic esters (lactones) is 2. The predicted octanol–water partition coefficient (Wildman–Crippen LogP) is 1.56. The van der Waals surface area contributed by atoms with Gasteiger partial charge in [-0.1, -0.05) is 0 Å². The summed E-state index contributed by atoms with van der Waals surface area (Å²) < 4.78 is 15.6. The molecule has 1 fully saturated rings. The summed E-state index contributed by atoms with van der Waals surface area (Å²) in [4.78, 5) is 37.2. The van der Waals surface area contributed by atoms with Gasteiger partial charge in [0.1, 0.15) is 5.75 Å². The fraction of sp³-hybridized carbons (Fsp3) is 0.353. The maximum atomic E-state index is 11.9. The number of ether oxygens (including phenoxy) is 3. The van der Waals surface area contributed by atoms with E-state index in [-0.39, 0.29) is 11.5 Å². The van der Waals surface area contributed by atoms with Crippen molar-refractivity contribution in [1.29, 1.82) is 0 Å². The van der Waals surface area contributed by atoms with E-state index in [1.165, 1.54) is 24.9 Å². The minimum Gasteiger partial charge on any atom is -0.479 e. The Labute approximate surface area is 144 Å². The summed E-state index contributed by atoms with van der Waals surface area (Å²) in [5, 5.41) is 2.85. The average molecular weight is 346 g/mol. The van der Waals surface area contributed by atoms with Crippen molar-refractivity contribution >= 4 is 29.2 Å². The molecule has 2 heterocycles. The number of hydrogen-bond acceptors (Lipinski definition) is 7. The lowest BCUT2D eigenvalue weighted by Crippen LogP contribution is -2.42. The highest BCUT2D eigenvalue weighted by molar-refractivity contribution is 6.15. The summed E-state index contributed by atoms with van der Waals surface area (Å²) in [6.07, 6.45) is 0.639. The Morgan fingerprint density at radius 3 is 2.44 bits per heavy atom. The number of nitrogens with one attached hydrogen (secondary N) is 1. The van der Waals surface area contributed by atoms with Crippen LogP contribution in [0.5, 0.6) is 5.75 Å². The summed E-state index contributed by atoms with van der Waals surface area (Å²) in [5.74, 6) is -2.42. The molecule has 132 valence electrons. The molecule has 0 bridgehead atoms. The van der Waals surface area contributed by atoms with Crippen molar-refractivity contribution in [2.45, 2.75) is 32.7 Å². The normalized spacial score (nSPS) is 21.8. The first-order valence-corrected chi connectivity index (χ1v) is 7.69. The maximum Gasteiger partial charge on any atom is 0.350 e. The number of anilines is 2. The molecule has 1 unspecified atom stereocenters. The summed E-state index contributed by atoms with van der Waals surface area (Å²) in [6.45, 7) is 4.62. The van der Waals surface area contributed by atoms with Crippen molar-refractivity contribution < 1.29 is 28.6 Å². The van der Waals surface area contributed by atoms with Crippen LogP contribution in [0.1, 0.15) is 20.8 Å². The number of carbonyl (C=O) groups excluding carboxylic acids is 3. The van der Waals surface area contributed by atoms with Crippen LogP contribution in [0.2, 0.25) is 0 Å². The van der Waals surface area contributed by atoms with Crippen LogP contribution in [0, 0.1) is 0 Å². The van der Waals surface area contributed by atoms with Crippen molar-refractivity contribution in [3.05, 3.63) is 30.0 Å². The van der Waals surface area contributed by atoms with Crippen LogP contribution in [0.4, 0.5) is 11.4 Å². The van der Waals surface area contributed by atoms with Crippen LogP contribution in [0.15, 0.2) is 30.0 Å². The molecule has 1 aromatic rings. The average Bonchev–Trinajstić information content (AvgIpc) is 2.50. The highest BCUT2D eigenvalue weighted by Gasteiger charge is 2.39. The van der Waals surface area contributed by atoms with Gasteiger partial charge in [0, 0.05) is 38.8 Å². The van der Waals surface area contributed by atoms with E-state index in [1.807, 2.05) is 0 Å². The van der Waals surface area contributed by atoms with Gasteiger partial charge < -0.3 is 24.4 Å². The summed E-state index contributed by atoms with van der Waals surface area (Å²) in [6, 6.07) is 5.08. The Hall–Kier alpha value is -3.03. The fourth-order valence-electron chi connectivity index (χ4n) is 2.54. The standard InChI is InChI=1S/C17H18N2O6/c1-9-14(20)19(4)12-6-5-10(7-13(12)23-9)18-8-11-15(21)24-17(2,3)25-16(11)22/h5-9,18H,1-4H3. The van der Waals surface area contributed by atoms with Gasteiger partial charge in [0.2, 0.25) is 0 Å². The third-order valence-corrected chi connectivity index (χ3v) is 3.80. The van der Waals surface area contributed by atoms with Gasteiger partial charge in [0.25, 0.3) is 11.7 Å². The molecule has 2 aliphatic heterocycles. The fourth-order valence-corrected chi connectivity index (χ4v) is 2.54.